The number of hydrogen-bond acceptors (Lipinski definition) is 2. The van der Waals surface area contributed by atoms with E-state index in [1.165, 1.54) is 19.3 Å². The molecule has 0 amide bonds. The largest absolute Gasteiger partial charge is 0.382 e. The summed E-state index contributed by atoms with van der Waals surface area (Å²) in [7, 11) is 2.12. The molecule has 0 spiro atoms. The summed E-state index contributed by atoms with van der Waals surface area (Å²) in [5.41, 5.74) is 0. The zero-order chi connectivity index (χ0) is 15.8. The summed E-state index contributed by atoms with van der Waals surface area (Å²) in [5.74, 6) is 1.03. The van der Waals surface area contributed by atoms with E-state index in [1.807, 2.05) is 13.0 Å². The molecule has 0 saturated carbocycles. The Balaban J connectivity index is 3.92. The quantitative estimate of drug-likeness (QED) is 0.245. The molecule has 124 valence electrons. The lowest BCUT2D eigenvalue weighted by molar-refractivity contribution is 0.144. The predicted octanol–water partition coefficient (Wildman–Crippen LogP) is 3.45. The highest BCUT2D eigenvalue weighted by molar-refractivity contribution is 5.79. The van der Waals surface area contributed by atoms with Crippen LogP contribution in [0.5, 0.6) is 0 Å². The lowest BCUT2D eigenvalue weighted by Crippen LogP contribution is -2.39. The fourth-order valence-corrected chi connectivity index (χ4v) is 2.04. The maximum absolute atomic E-state index is 5.34. The minimum absolute atomic E-state index is 0.806. The first-order valence-corrected chi connectivity index (χ1v) is 8.44. The van der Waals surface area contributed by atoms with Crippen molar-refractivity contribution in [1.29, 1.82) is 0 Å². The van der Waals surface area contributed by atoms with Crippen molar-refractivity contribution in [1.82, 2.24) is 10.2 Å². The molecule has 0 bridgehead atoms. The summed E-state index contributed by atoms with van der Waals surface area (Å²) in [6.07, 6.45) is 8.99. The predicted molar refractivity (Wildman–Crippen MR) is 93.0 cm³/mol. The second-order valence-corrected chi connectivity index (χ2v) is 5.20. The van der Waals surface area contributed by atoms with Crippen molar-refractivity contribution in [3.8, 4) is 0 Å². The molecule has 0 unspecified atom stereocenters. The lowest BCUT2D eigenvalue weighted by atomic mass is 10.2. The molecular formula is C17H35N3O. The fourth-order valence-electron chi connectivity index (χ4n) is 2.04. The number of nitrogens with one attached hydrogen (secondary N) is 1. The molecule has 0 fully saturated rings. The average molecular weight is 297 g/mol. The Kier molecular flexibility index (Phi) is 14.6. The average Bonchev–Trinajstić information content (AvgIpc) is 2.49. The second kappa shape index (κ2) is 15.4. The molecule has 21 heavy (non-hydrogen) atoms. The Morgan fingerprint density at radius 3 is 2.67 bits per heavy atom. The van der Waals surface area contributed by atoms with Crippen LogP contribution in [0, 0.1) is 0 Å². The number of rotatable bonds is 13. The van der Waals surface area contributed by atoms with E-state index in [1.54, 1.807) is 0 Å². The van der Waals surface area contributed by atoms with Crippen LogP contribution in [-0.4, -0.2) is 50.8 Å². The summed E-state index contributed by atoms with van der Waals surface area (Å²) in [4.78, 5) is 6.92. The van der Waals surface area contributed by atoms with Crippen molar-refractivity contribution in [3.05, 3.63) is 12.7 Å². The van der Waals surface area contributed by atoms with E-state index in [-0.39, 0.29) is 0 Å². The molecule has 0 aromatic carbocycles. The van der Waals surface area contributed by atoms with Gasteiger partial charge in [0, 0.05) is 39.9 Å². The van der Waals surface area contributed by atoms with Gasteiger partial charge in [-0.15, -0.1) is 6.58 Å². The molecule has 0 aliphatic heterocycles. The normalized spacial score (nSPS) is 11.5. The molecule has 4 heteroatoms. The number of nitrogens with zero attached hydrogens (tertiary/aromatic N) is 2. The number of guanidine groups is 1. The van der Waals surface area contributed by atoms with Crippen LogP contribution in [0.15, 0.2) is 17.6 Å². The van der Waals surface area contributed by atoms with Gasteiger partial charge in [-0.25, -0.2) is 0 Å². The third-order valence-electron chi connectivity index (χ3n) is 3.26. The monoisotopic (exact) mass is 297 g/mol. The number of ether oxygens (including phenoxy) is 1. The van der Waals surface area contributed by atoms with Gasteiger partial charge in [0.25, 0.3) is 0 Å². The van der Waals surface area contributed by atoms with E-state index >= 15 is 0 Å². The highest BCUT2D eigenvalue weighted by atomic mass is 16.5. The minimum Gasteiger partial charge on any atom is -0.382 e. The van der Waals surface area contributed by atoms with Gasteiger partial charge in [-0.3, -0.25) is 4.99 Å². The van der Waals surface area contributed by atoms with Gasteiger partial charge >= 0.3 is 0 Å². The van der Waals surface area contributed by atoms with Gasteiger partial charge in [0.2, 0.25) is 0 Å². The summed E-state index contributed by atoms with van der Waals surface area (Å²) < 4.78 is 5.34. The van der Waals surface area contributed by atoms with Crippen LogP contribution in [0.3, 0.4) is 0 Å². The third kappa shape index (κ3) is 12.4. The smallest absolute Gasteiger partial charge is 0.193 e. The zero-order valence-corrected chi connectivity index (χ0v) is 14.4. The van der Waals surface area contributed by atoms with E-state index in [0.717, 1.165) is 58.1 Å². The molecule has 0 aliphatic carbocycles. The molecular weight excluding hydrogens is 262 g/mol. The molecule has 0 radical (unpaired) electrons. The Bertz CT molecular complexity index is 267. The summed E-state index contributed by atoms with van der Waals surface area (Å²) in [6.45, 7) is 12.4. The van der Waals surface area contributed by atoms with E-state index in [2.05, 4.69) is 35.8 Å². The van der Waals surface area contributed by atoms with E-state index in [9.17, 15) is 0 Å². The first-order valence-electron chi connectivity index (χ1n) is 8.44. The first-order chi connectivity index (χ1) is 10.3. The highest BCUT2D eigenvalue weighted by Gasteiger charge is 2.04. The van der Waals surface area contributed by atoms with Crippen LogP contribution in [0.25, 0.3) is 0 Å². The van der Waals surface area contributed by atoms with Gasteiger partial charge in [-0.05, 0) is 46.0 Å². The van der Waals surface area contributed by atoms with Gasteiger partial charge in [-0.2, -0.15) is 0 Å². The van der Waals surface area contributed by atoms with E-state index in [0.29, 0.717) is 0 Å². The Labute approximate surface area is 131 Å². The van der Waals surface area contributed by atoms with Gasteiger partial charge in [0.05, 0.1) is 0 Å². The fraction of sp³-hybridized carbons (Fsp3) is 0.824. The standard InChI is InChI=1S/C17H35N3O/c1-5-8-9-10-12-15-20(4)17(18-6-2)19-14-11-13-16-21-7-3/h5H,1,6-16H2,2-4H3,(H,18,19). The van der Waals surface area contributed by atoms with Crippen LogP contribution in [0.1, 0.15) is 52.4 Å². The molecule has 4 nitrogen and oxygen atoms in total. The van der Waals surface area contributed by atoms with Crippen molar-refractivity contribution in [2.75, 3.05) is 39.9 Å². The molecule has 0 rings (SSSR count). The van der Waals surface area contributed by atoms with Crippen molar-refractivity contribution in [2.45, 2.75) is 52.4 Å². The summed E-state index contributed by atoms with van der Waals surface area (Å²) in [6, 6.07) is 0. The highest BCUT2D eigenvalue weighted by Crippen LogP contribution is 2.02. The Morgan fingerprint density at radius 1 is 1.19 bits per heavy atom. The zero-order valence-electron chi connectivity index (χ0n) is 14.4. The molecule has 0 atom stereocenters. The minimum atomic E-state index is 0.806. The summed E-state index contributed by atoms with van der Waals surface area (Å²) >= 11 is 0. The lowest BCUT2D eigenvalue weighted by Gasteiger charge is -2.22. The van der Waals surface area contributed by atoms with Crippen molar-refractivity contribution in [3.63, 3.8) is 0 Å². The third-order valence-corrected chi connectivity index (χ3v) is 3.26. The van der Waals surface area contributed by atoms with Gasteiger partial charge < -0.3 is 15.0 Å². The molecule has 0 aliphatic rings. The summed E-state index contributed by atoms with van der Waals surface area (Å²) in [5, 5.41) is 3.37. The molecule has 0 aromatic rings. The van der Waals surface area contributed by atoms with Crippen LogP contribution in [-0.2, 0) is 4.74 Å². The number of aliphatic imine (C=N–C) groups is 1. The molecule has 0 heterocycles. The maximum atomic E-state index is 5.34. The molecule has 0 saturated heterocycles. The topological polar surface area (TPSA) is 36.9 Å². The van der Waals surface area contributed by atoms with Crippen molar-refractivity contribution in [2.24, 2.45) is 4.99 Å². The molecule has 0 aromatic heterocycles. The van der Waals surface area contributed by atoms with Crippen LogP contribution in [0.4, 0.5) is 0 Å². The van der Waals surface area contributed by atoms with Crippen LogP contribution < -0.4 is 5.32 Å². The van der Waals surface area contributed by atoms with Crippen molar-refractivity contribution < 1.29 is 4.74 Å². The Morgan fingerprint density at radius 2 is 2.00 bits per heavy atom. The van der Waals surface area contributed by atoms with Gasteiger partial charge in [0.1, 0.15) is 0 Å². The second-order valence-electron chi connectivity index (χ2n) is 5.20. The first kappa shape index (κ1) is 20.0. The maximum Gasteiger partial charge on any atom is 0.193 e. The van der Waals surface area contributed by atoms with Crippen LogP contribution in [0.2, 0.25) is 0 Å². The van der Waals surface area contributed by atoms with Gasteiger partial charge in [-0.1, -0.05) is 12.5 Å². The van der Waals surface area contributed by atoms with E-state index in [4.69, 9.17) is 4.74 Å². The number of allylic oxidation sites excluding steroid dienone is 1. The van der Waals surface area contributed by atoms with Crippen molar-refractivity contribution >= 4 is 5.96 Å². The molecule has 1 N–H and O–H groups in total. The van der Waals surface area contributed by atoms with E-state index < -0.39 is 0 Å². The SMILES string of the molecule is C=CCCCCCN(C)C(=NCCCCOCC)NCC. The number of unbranched alkanes of at least 4 members (excludes halogenated alkanes) is 4. The van der Waals surface area contributed by atoms with Gasteiger partial charge in [0.15, 0.2) is 5.96 Å². The Hall–Kier alpha value is -1.03. The number of hydrogen-bond donors (Lipinski definition) is 1. The van der Waals surface area contributed by atoms with Crippen LogP contribution >= 0.6 is 0 Å².